The number of carbonyl (C=O) groups is 2. The quantitative estimate of drug-likeness (QED) is 0.301. The highest BCUT2D eigenvalue weighted by Gasteiger charge is 1.76. The number of hydrogen-bond donors (Lipinski definition) is 0. The van der Waals surface area contributed by atoms with Gasteiger partial charge < -0.3 is 0 Å². The van der Waals surface area contributed by atoms with E-state index >= 15 is 0 Å². The molecule has 0 aliphatic carbocycles. The van der Waals surface area contributed by atoms with Gasteiger partial charge in [-0.1, -0.05) is 6.58 Å². The molecule has 0 fully saturated rings. The zero-order chi connectivity index (χ0) is 6.41. The Kier molecular flexibility index (Phi) is 3.40. The summed E-state index contributed by atoms with van der Waals surface area (Å²) in [5.41, 5.74) is 0.303. The molecule has 0 atom stereocenters. The minimum absolute atomic E-state index is 0.303. The first-order chi connectivity index (χ1) is 3.81. The lowest BCUT2D eigenvalue weighted by molar-refractivity contribution is -0.104. The van der Waals surface area contributed by atoms with Gasteiger partial charge in [-0.3, -0.25) is 9.59 Å². The van der Waals surface area contributed by atoms with Crippen LogP contribution in [0.3, 0.4) is 0 Å². The molecule has 0 aliphatic heterocycles. The highest BCUT2D eigenvalue weighted by Crippen LogP contribution is 1.82. The normalized spacial score (nSPS) is 9.00. The van der Waals surface area contributed by atoms with Crippen LogP contribution in [-0.2, 0) is 9.59 Å². The summed E-state index contributed by atoms with van der Waals surface area (Å²) in [6.07, 6.45) is 3.74. The van der Waals surface area contributed by atoms with Crippen LogP contribution in [0, 0.1) is 0 Å². The summed E-state index contributed by atoms with van der Waals surface area (Å²) in [5.74, 6) is 0. The molecular formula is C6H6O2. The van der Waals surface area contributed by atoms with Gasteiger partial charge in [0.2, 0.25) is 0 Å². The zero-order valence-electron chi connectivity index (χ0n) is 4.33. The van der Waals surface area contributed by atoms with Gasteiger partial charge in [-0.25, -0.2) is 0 Å². The SMILES string of the molecule is C=C(C=O)C=CC=O. The second kappa shape index (κ2) is 3.99. The lowest BCUT2D eigenvalue weighted by atomic mass is 10.3. The van der Waals surface area contributed by atoms with Crippen molar-refractivity contribution in [1.29, 1.82) is 0 Å². The van der Waals surface area contributed by atoms with Crippen molar-refractivity contribution in [2.75, 3.05) is 0 Å². The summed E-state index contributed by atoms with van der Waals surface area (Å²) >= 11 is 0. The predicted molar refractivity (Wildman–Crippen MR) is 30.4 cm³/mol. The average molecular weight is 110 g/mol. The first kappa shape index (κ1) is 6.82. The second-order valence-corrected chi connectivity index (χ2v) is 1.19. The van der Waals surface area contributed by atoms with Crippen LogP contribution in [0.1, 0.15) is 0 Å². The van der Waals surface area contributed by atoms with Crippen LogP contribution >= 0.6 is 0 Å². The summed E-state index contributed by atoms with van der Waals surface area (Å²) in [4.78, 5) is 19.3. The van der Waals surface area contributed by atoms with Crippen molar-refractivity contribution < 1.29 is 9.59 Å². The lowest BCUT2D eigenvalue weighted by Gasteiger charge is -1.75. The van der Waals surface area contributed by atoms with Crippen LogP contribution in [0.2, 0.25) is 0 Å². The number of hydrogen-bond acceptors (Lipinski definition) is 2. The fraction of sp³-hybridized carbons (Fsp3) is 0. The van der Waals surface area contributed by atoms with E-state index in [0.29, 0.717) is 18.1 Å². The Morgan fingerprint density at radius 2 is 2.00 bits per heavy atom. The van der Waals surface area contributed by atoms with Gasteiger partial charge in [-0.15, -0.1) is 0 Å². The Balaban J connectivity index is 3.69. The molecule has 0 spiro atoms. The summed E-state index contributed by atoms with van der Waals surface area (Å²) in [7, 11) is 0. The Morgan fingerprint density at radius 3 is 2.38 bits per heavy atom. The minimum atomic E-state index is 0.303. The van der Waals surface area contributed by atoms with Crippen LogP contribution in [-0.4, -0.2) is 12.6 Å². The van der Waals surface area contributed by atoms with Gasteiger partial charge in [0.1, 0.15) is 12.6 Å². The van der Waals surface area contributed by atoms with E-state index in [0.717, 1.165) is 0 Å². The fourth-order valence-corrected chi connectivity index (χ4v) is 0.202. The van der Waals surface area contributed by atoms with E-state index in [2.05, 4.69) is 6.58 Å². The van der Waals surface area contributed by atoms with E-state index in [-0.39, 0.29) is 0 Å². The molecule has 0 rings (SSSR count). The molecule has 8 heavy (non-hydrogen) atoms. The van der Waals surface area contributed by atoms with Gasteiger partial charge in [-0.05, 0) is 12.2 Å². The van der Waals surface area contributed by atoms with Gasteiger partial charge in [-0.2, -0.15) is 0 Å². The van der Waals surface area contributed by atoms with Gasteiger partial charge in [0.25, 0.3) is 0 Å². The summed E-state index contributed by atoms with van der Waals surface area (Å²) in [5, 5.41) is 0. The smallest absolute Gasteiger partial charge is 0.149 e. The standard InChI is InChI=1S/C6H6O2/c1-6(5-8)3-2-4-7/h2-5H,1H2. The molecule has 0 unspecified atom stereocenters. The third-order valence-electron chi connectivity index (χ3n) is 0.540. The Labute approximate surface area is 47.5 Å². The van der Waals surface area contributed by atoms with Crippen LogP contribution in [0.4, 0.5) is 0 Å². The van der Waals surface area contributed by atoms with Crippen molar-refractivity contribution in [2.24, 2.45) is 0 Å². The number of aldehydes is 2. The second-order valence-electron chi connectivity index (χ2n) is 1.19. The van der Waals surface area contributed by atoms with E-state index in [1.165, 1.54) is 12.2 Å². The highest BCUT2D eigenvalue weighted by molar-refractivity contribution is 5.79. The van der Waals surface area contributed by atoms with Crippen molar-refractivity contribution in [3.05, 3.63) is 24.3 Å². The lowest BCUT2D eigenvalue weighted by Crippen LogP contribution is -1.72. The topological polar surface area (TPSA) is 34.1 Å². The largest absolute Gasteiger partial charge is 0.299 e. The van der Waals surface area contributed by atoms with Crippen molar-refractivity contribution in [3.63, 3.8) is 0 Å². The van der Waals surface area contributed by atoms with E-state index in [4.69, 9.17) is 0 Å². The van der Waals surface area contributed by atoms with Crippen LogP contribution in [0.25, 0.3) is 0 Å². The van der Waals surface area contributed by atoms with Crippen LogP contribution in [0.5, 0.6) is 0 Å². The molecule has 2 nitrogen and oxygen atoms in total. The van der Waals surface area contributed by atoms with Gasteiger partial charge in [0.05, 0.1) is 0 Å². The van der Waals surface area contributed by atoms with Gasteiger partial charge in [0.15, 0.2) is 0 Å². The van der Waals surface area contributed by atoms with E-state index in [1.54, 1.807) is 0 Å². The first-order valence-corrected chi connectivity index (χ1v) is 2.07. The molecule has 0 saturated carbocycles. The Bertz CT molecular complexity index is 133. The molecule has 0 saturated heterocycles. The molecular weight excluding hydrogens is 104 g/mol. The maximum absolute atomic E-state index is 9.74. The first-order valence-electron chi connectivity index (χ1n) is 2.07. The predicted octanol–water partition coefficient (Wildman–Crippen LogP) is 0.497. The van der Waals surface area contributed by atoms with Crippen LogP contribution in [0.15, 0.2) is 24.3 Å². The molecule has 0 aliphatic rings. The maximum atomic E-state index is 9.74. The molecule has 0 bridgehead atoms. The maximum Gasteiger partial charge on any atom is 0.149 e. The average Bonchev–Trinajstić information content (AvgIpc) is 1.83. The molecule has 0 N–H and O–H groups in total. The molecule has 0 aromatic rings. The third kappa shape index (κ3) is 3.03. The number of allylic oxidation sites excluding steroid dienone is 3. The van der Waals surface area contributed by atoms with Crippen LogP contribution < -0.4 is 0 Å². The van der Waals surface area contributed by atoms with E-state index in [1.807, 2.05) is 0 Å². The summed E-state index contributed by atoms with van der Waals surface area (Å²) in [6, 6.07) is 0. The zero-order valence-corrected chi connectivity index (χ0v) is 4.33. The van der Waals surface area contributed by atoms with Crippen molar-refractivity contribution in [1.82, 2.24) is 0 Å². The molecule has 0 aromatic heterocycles. The number of rotatable bonds is 3. The molecule has 2 heteroatoms. The molecule has 0 aromatic carbocycles. The van der Waals surface area contributed by atoms with Gasteiger partial charge >= 0.3 is 0 Å². The minimum Gasteiger partial charge on any atom is -0.299 e. The van der Waals surface area contributed by atoms with Crippen molar-refractivity contribution in [2.45, 2.75) is 0 Å². The summed E-state index contributed by atoms with van der Waals surface area (Å²) in [6.45, 7) is 3.30. The molecule has 0 amide bonds. The van der Waals surface area contributed by atoms with E-state index < -0.39 is 0 Å². The van der Waals surface area contributed by atoms with E-state index in [9.17, 15) is 9.59 Å². The highest BCUT2D eigenvalue weighted by atomic mass is 16.1. The molecule has 0 radical (unpaired) electrons. The van der Waals surface area contributed by atoms with Crippen molar-refractivity contribution in [3.8, 4) is 0 Å². The fourth-order valence-electron chi connectivity index (χ4n) is 0.202. The molecule has 42 valence electrons. The monoisotopic (exact) mass is 110 g/mol. The Morgan fingerprint density at radius 1 is 1.38 bits per heavy atom. The number of carbonyl (C=O) groups excluding carboxylic acids is 2. The van der Waals surface area contributed by atoms with Crippen molar-refractivity contribution >= 4 is 12.6 Å². The van der Waals surface area contributed by atoms with Gasteiger partial charge in [0, 0.05) is 5.57 Å². The Hall–Kier alpha value is -1.18. The third-order valence-corrected chi connectivity index (χ3v) is 0.540. The molecule has 0 heterocycles. The summed E-state index contributed by atoms with van der Waals surface area (Å²) < 4.78 is 0.